The van der Waals surface area contributed by atoms with Crippen molar-refractivity contribution in [3.63, 3.8) is 0 Å². The van der Waals surface area contributed by atoms with Crippen molar-refractivity contribution >= 4 is 23.9 Å². The molecule has 0 saturated heterocycles. The molecule has 216 valence electrons. The minimum atomic E-state index is -0.324. The number of carbonyl (C=O) groups is 1. The Morgan fingerprint density at radius 2 is 1.82 bits per heavy atom. The van der Waals surface area contributed by atoms with E-state index in [4.69, 9.17) is 9.47 Å². The van der Waals surface area contributed by atoms with E-state index < -0.39 is 0 Å². The standard InChI is InChI=1S/C33H53NO3.ClH/c1-8-11-12-13-14-16-25(5)26-22-29(36-31(35)17-15-20-34(9-2)10-3)32-27-21-24(4)18-19-28(27)33(6,7)37-30(32)23-26;/h22-25H,8-21H2,1-7H3;1H. The van der Waals surface area contributed by atoms with Crippen LogP contribution in [0.5, 0.6) is 11.5 Å². The van der Waals surface area contributed by atoms with Crippen molar-refractivity contribution in [2.24, 2.45) is 5.92 Å². The number of hydrogen-bond acceptors (Lipinski definition) is 4. The van der Waals surface area contributed by atoms with Crippen molar-refractivity contribution in [1.29, 1.82) is 0 Å². The van der Waals surface area contributed by atoms with Gasteiger partial charge in [-0.25, -0.2) is 0 Å². The number of nitrogens with zero attached hydrogens (tertiary/aromatic N) is 1. The first kappa shape index (κ1) is 32.7. The third-order valence-corrected chi connectivity index (χ3v) is 8.57. The Hall–Kier alpha value is -1.52. The van der Waals surface area contributed by atoms with E-state index in [9.17, 15) is 4.79 Å². The maximum atomic E-state index is 13.1. The van der Waals surface area contributed by atoms with Crippen LogP contribution in [0, 0.1) is 5.92 Å². The van der Waals surface area contributed by atoms with E-state index in [0.29, 0.717) is 18.3 Å². The van der Waals surface area contributed by atoms with Crippen molar-refractivity contribution < 1.29 is 14.3 Å². The smallest absolute Gasteiger partial charge is 0.311 e. The van der Waals surface area contributed by atoms with Gasteiger partial charge in [0.2, 0.25) is 0 Å². The first-order chi connectivity index (χ1) is 17.7. The van der Waals surface area contributed by atoms with Gasteiger partial charge in [-0.3, -0.25) is 4.79 Å². The molecule has 0 bridgehead atoms. The minimum Gasteiger partial charge on any atom is -0.483 e. The fraction of sp³-hybridized carbons (Fsp3) is 0.727. The van der Waals surface area contributed by atoms with E-state index in [-0.39, 0.29) is 24.0 Å². The first-order valence-corrected chi connectivity index (χ1v) is 15.2. The second-order valence-corrected chi connectivity index (χ2v) is 12.0. The summed E-state index contributed by atoms with van der Waals surface area (Å²) in [6, 6.07) is 4.40. The largest absolute Gasteiger partial charge is 0.483 e. The number of allylic oxidation sites excluding steroid dienone is 1. The van der Waals surface area contributed by atoms with Gasteiger partial charge in [0.25, 0.3) is 0 Å². The van der Waals surface area contributed by atoms with E-state index in [1.54, 1.807) is 0 Å². The summed E-state index contributed by atoms with van der Waals surface area (Å²) in [5.41, 5.74) is 4.68. The van der Waals surface area contributed by atoms with Crippen molar-refractivity contribution in [2.75, 3.05) is 19.6 Å². The summed E-state index contributed by atoms with van der Waals surface area (Å²) in [7, 11) is 0. The molecule has 5 heteroatoms. The van der Waals surface area contributed by atoms with E-state index in [1.165, 1.54) is 55.2 Å². The lowest BCUT2D eigenvalue weighted by atomic mass is 9.74. The van der Waals surface area contributed by atoms with Crippen LogP contribution in [-0.2, 0) is 4.79 Å². The van der Waals surface area contributed by atoms with E-state index in [2.05, 4.69) is 65.5 Å². The third kappa shape index (κ3) is 8.49. The molecule has 0 saturated carbocycles. The van der Waals surface area contributed by atoms with Crippen LogP contribution in [0.4, 0.5) is 0 Å². The lowest BCUT2D eigenvalue weighted by molar-refractivity contribution is -0.134. The van der Waals surface area contributed by atoms with E-state index in [0.717, 1.165) is 62.4 Å². The third-order valence-electron chi connectivity index (χ3n) is 8.57. The Kier molecular flexibility index (Phi) is 13.2. The molecule has 4 nitrogen and oxygen atoms in total. The molecule has 0 fully saturated rings. The minimum absolute atomic E-state index is 0. The topological polar surface area (TPSA) is 38.8 Å². The predicted molar refractivity (Wildman–Crippen MR) is 163 cm³/mol. The summed E-state index contributed by atoms with van der Waals surface area (Å²) in [5.74, 6) is 2.52. The Bertz CT molecular complexity index is 934. The first-order valence-electron chi connectivity index (χ1n) is 15.2. The second kappa shape index (κ2) is 15.3. The molecule has 1 heterocycles. The van der Waals surface area contributed by atoms with Gasteiger partial charge in [0.05, 0.1) is 5.56 Å². The molecule has 1 aromatic rings. The number of halogens is 1. The maximum Gasteiger partial charge on any atom is 0.311 e. The Labute approximate surface area is 239 Å². The molecule has 1 aliphatic carbocycles. The van der Waals surface area contributed by atoms with Crippen molar-refractivity contribution in [3.8, 4) is 11.5 Å². The highest BCUT2D eigenvalue weighted by Crippen LogP contribution is 2.52. The molecule has 2 aliphatic rings. The summed E-state index contributed by atoms with van der Waals surface area (Å²) in [6.45, 7) is 18.6. The van der Waals surface area contributed by atoms with Crippen LogP contribution >= 0.6 is 12.4 Å². The molecule has 1 aliphatic heterocycles. The van der Waals surface area contributed by atoms with Crippen LogP contribution in [0.3, 0.4) is 0 Å². The van der Waals surface area contributed by atoms with Gasteiger partial charge in [-0.05, 0) is 106 Å². The highest BCUT2D eigenvalue weighted by Gasteiger charge is 2.39. The molecule has 0 aromatic heterocycles. The van der Waals surface area contributed by atoms with E-state index in [1.807, 2.05) is 0 Å². The fourth-order valence-corrected chi connectivity index (χ4v) is 6.10. The number of unbranched alkanes of at least 4 members (excludes halogenated alkanes) is 4. The number of fused-ring (bicyclic) bond motifs is 2. The van der Waals surface area contributed by atoms with Crippen LogP contribution in [0.25, 0.3) is 5.57 Å². The van der Waals surface area contributed by atoms with Crippen molar-refractivity contribution in [2.45, 2.75) is 131 Å². The van der Waals surface area contributed by atoms with Gasteiger partial charge in [-0.15, -0.1) is 12.4 Å². The number of esters is 1. The number of carbonyl (C=O) groups excluding carboxylic acids is 1. The molecule has 0 amide bonds. The molecule has 0 N–H and O–H groups in total. The van der Waals surface area contributed by atoms with Crippen LogP contribution in [0.1, 0.15) is 136 Å². The molecule has 38 heavy (non-hydrogen) atoms. The number of benzene rings is 1. The maximum absolute atomic E-state index is 13.1. The average Bonchev–Trinajstić information content (AvgIpc) is 2.85. The SMILES string of the molecule is CCCCCCCC(C)c1cc(OC(=O)CCCN(CC)CC)c2c(c1)OC(C)(C)C1=C2CC(C)CC1.Cl. The molecular weight excluding hydrogens is 494 g/mol. The number of hydrogen-bond donors (Lipinski definition) is 0. The normalized spacial score (nSPS) is 18.8. The van der Waals surface area contributed by atoms with Gasteiger partial charge in [-0.1, -0.05) is 66.7 Å². The van der Waals surface area contributed by atoms with Gasteiger partial charge < -0.3 is 14.4 Å². The van der Waals surface area contributed by atoms with Crippen LogP contribution in [0.15, 0.2) is 17.7 Å². The summed E-state index contributed by atoms with van der Waals surface area (Å²) in [5, 5.41) is 0. The summed E-state index contributed by atoms with van der Waals surface area (Å²) >= 11 is 0. The Morgan fingerprint density at radius 1 is 1.11 bits per heavy atom. The quantitative estimate of drug-likeness (QED) is 0.132. The number of ether oxygens (including phenoxy) is 2. The molecule has 1 aromatic carbocycles. The van der Waals surface area contributed by atoms with Crippen LogP contribution in [-0.4, -0.2) is 36.1 Å². The number of rotatable bonds is 14. The van der Waals surface area contributed by atoms with Gasteiger partial charge in [0.1, 0.15) is 17.1 Å². The lowest BCUT2D eigenvalue weighted by Gasteiger charge is -2.41. The highest BCUT2D eigenvalue weighted by molar-refractivity contribution is 5.85. The predicted octanol–water partition coefficient (Wildman–Crippen LogP) is 9.34. The molecule has 0 radical (unpaired) electrons. The van der Waals surface area contributed by atoms with Crippen molar-refractivity contribution in [3.05, 3.63) is 28.8 Å². The lowest BCUT2D eigenvalue weighted by Crippen LogP contribution is -2.37. The second-order valence-electron chi connectivity index (χ2n) is 12.0. The van der Waals surface area contributed by atoms with Gasteiger partial charge >= 0.3 is 5.97 Å². The molecular formula is C33H54ClNO3. The zero-order valence-electron chi connectivity index (χ0n) is 25.3. The fourth-order valence-electron chi connectivity index (χ4n) is 6.10. The summed E-state index contributed by atoms with van der Waals surface area (Å²) < 4.78 is 12.9. The van der Waals surface area contributed by atoms with Gasteiger partial charge in [0, 0.05) is 6.42 Å². The molecule has 2 atom stereocenters. The highest BCUT2D eigenvalue weighted by atomic mass is 35.5. The summed E-state index contributed by atoms with van der Waals surface area (Å²) in [6.07, 6.45) is 12.1. The van der Waals surface area contributed by atoms with E-state index >= 15 is 0 Å². The Morgan fingerprint density at radius 3 is 2.50 bits per heavy atom. The van der Waals surface area contributed by atoms with Crippen LogP contribution < -0.4 is 9.47 Å². The zero-order valence-corrected chi connectivity index (χ0v) is 26.1. The average molecular weight is 548 g/mol. The van der Waals surface area contributed by atoms with Crippen LogP contribution in [0.2, 0.25) is 0 Å². The molecule has 0 spiro atoms. The Balaban J connectivity index is 0.00000507. The van der Waals surface area contributed by atoms with Gasteiger partial charge in [-0.2, -0.15) is 0 Å². The molecule has 3 rings (SSSR count). The molecule has 2 unspecified atom stereocenters. The monoisotopic (exact) mass is 547 g/mol. The van der Waals surface area contributed by atoms with Crippen molar-refractivity contribution in [1.82, 2.24) is 4.90 Å². The zero-order chi connectivity index (χ0) is 27.0. The van der Waals surface area contributed by atoms with Gasteiger partial charge in [0.15, 0.2) is 0 Å². The summed E-state index contributed by atoms with van der Waals surface area (Å²) in [4.78, 5) is 15.4.